The number of carbonyl (C=O) groups excluding carboxylic acids is 1. The summed E-state index contributed by atoms with van der Waals surface area (Å²) < 4.78 is -0.453. The van der Waals surface area contributed by atoms with E-state index in [2.05, 4.69) is 62.6 Å². The molecule has 2 rings (SSSR count). The quantitative estimate of drug-likeness (QED) is 0.334. The minimum Gasteiger partial charge on any atom is -0.328 e. The summed E-state index contributed by atoms with van der Waals surface area (Å²) in [5.41, 5.74) is 1.23. The van der Waals surface area contributed by atoms with Crippen molar-refractivity contribution >= 4 is 53.0 Å². The summed E-state index contributed by atoms with van der Waals surface area (Å²) in [6, 6.07) is 0. The Hall–Kier alpha value is 0.610. The highest BCUT2D eigenvalue weighted by Crippen LogP contribution is 2.65. The van der Waals surface area contributed by atoms with Gasteiger partial charge in [-0.25, -0.2) is 0 Å². The van der Waals surface area contributed by atoms with Gasteiger partial charge in [0.1, 0.15) is 4.08 Å². The molecular formula is C21H37NOS4. The minimum atomic E-state index is -0.391. The van der Waals surface area contributed by atoms with E-state index in [4.69, 9.17) is 0 Å². The van der Waals surface area contributed by atoms with Crippen LogP contribution in [0, 0.1) is 5.92 Å². The number of nitrogens with one attached hydrogen (secondary N) is 1. The first-order chi connectivity index (χ1) is 13.1. The van der Waals surface area contributed by atoms with Gasteiger partial charge in [-0.15, -0.1) is 47.0 Å². The van der Waals surface area contributed by atoms with Gasteiger partial charge in [-0.2, -0.15) is 0 Å². The zero-order valence-corrected chi connectivity index (χ0v) is 20.7. The monoisotopic (exact) mass is 447 g/mol. The number of hydrogen-bond acceptors (Lipinski definition) is 5. The predicted molar refractivity (Wildman–Crippen MR) is 130 cm³/mol. The molecule has 0 aromatic carbocycles. The van der Waals surface area contributed by atoms with E-state index in [0.717, 1.165) is 42.3 Å². The molecule has 1 N–H and O–H groups in total. The summed E-state index contributed by atoms with van der Waals surface area (Å²) >= 11 is 8.08. The van der Waals surface area contributed by atoms with Gasteiger partial charge in [0.15, 0.2) is 4.08 Å². The number of piperidine rings is 1. The third kappa shape index (κ3) is 5.03. The van der Waals surface area contributed by atoms with E-state index in [1.165, 1.54) is 31.4 Å². The number of amides is 1. The molecule has 1 amide bonds. The maximum absolute atomic E-state index is 13.7. The average Bonchev–Trinajstić information content (AvgIpc) is 2.69. The molecule has 0 aromatic rings. The van der Waals surface area contributed by atoms with Crippen LogP contribution in [-0.4, -0.2) is 37.1 Å². The van der Waals surface area contributed by atoms with Crippen molar-refractivity contribution in [3.05, 3.63) is 11.8 Å². The number of allylic oxidation sites excluding steroid dienone is 2. The summed E-state index contributed by atoms with van der Waals surface area (Å²) in [5.74, 6) is 5.10. The van der Waals surface area contributed by atoms with Crippen LogP contribution in [0.2, 0.25) is 0 Å². The fourth-order valence-corrected chi connectivity index (χ4v) is 11.4. The fraction of sp³-hybridized carbons (Fsp3) is 0.857. The lowest BCUT2D eigenvalue weighted by Gasteiger charge is -2.56. The second-order valence-electron chi connectivity index (χ2n) is 7.28. The van der Waals surface area contributed by atoms with Crippen molar-refractivity contribution in [2.75, 3.05) is 23.0 Å². The van der Waals surface area contributed by atoms with Crippen molar-refractivity contribution in [3.63, 3.8) is 0 Å². The van der Waals surface area contributed by atoms with Crippen molar-refractivity contribution in [2.45, 2.75) is 80.8 Å². The normalized spacial score (nSPS) is 23.5. The predicted octanol–water partition coefficient (Wildman–Crippen LogP) is 6.77. The summed E-state index contributed by atoms with van der Waals surface area (Å²) in [6.07, 6.45) is 10.5. The van der Waals surface area contributed by atoms with Crippen LogP contribution in [0.1, 0.15) is 72.6 Å². The highest BCUT2D eigenvalue weighted by molar-refractivity contribution is 8.26. The Morgan fingerprint density at radius 2 is 1.44 bits per heavy atom. The summed E-state index contributed by atoms with van der Waals surface area (Å²) in [4.78, 5) is 13.7. The van der Waals surface area contributed by atoms with E-state index in [0.29, 0.717) is 5.92 Å². The van der Waals surface area contributed by atoms with Crippen LogP contribution in [0.3, 0.4) is 0 Å². The van der Waals surface area contributed by atoms with Crippen molar-refractivity contribution in [1.29, 1.82) is 0 Å². The first-order valence-corrected chi connectivity index (χ1v) is 14.6. The second-order valence-corrected chi connectivity index (χ2v) is 13.1. The van der Waals surface area contributed by atoms with Crippen LogP contribution < -0.4 is 5.32 Å². The third-order valence-corrected chi connectivity index (χ3v) is 13.2. The SMILES string of the molecule is CCCSC1(SCCC)C(=O)NC2=CCCCC2C1(SCCC)SCCC. The number of rotatable bonds is 12. The molecule has 1 unspecified atom stereocenters. The van der Waals surface area contributed by atoms with Crippen molar-refractivity contribution < 1.29 is 4.79 Å². The van der Waals surface area contributed by atoms with Crippen LogP contribution in [0.4, 0.5) is 0 Å². The minimum absolute atomic E-state index is 0.0622. The molecule has 0 saturated carbocycles. The van der Waals surface area contributed by atoms with E-state index in [9.17, 15) is 4.79 Å². The lowest BCUT2D eigenvalue weighted by Crippen LogP contribution is -2.65. The molecular weight excluding hydrogens is 411 g/mol. The van der Waals surface area contributed by atoms with Gasteiger partial charge in [0, 0.05) is 11.6 Å². The molecule has 2 aliphatic rings. The standard InChI is InChI=1S/C21H37NOS4/c1-5-13-24-20(25-14-6-2)17-11-9-10-12-18(17)22-19(23)21(20,26-15-7-3)27-16-8-4/h12,17H,5-11,13-16H2,1-4H3,(H,22,23). The Balaban J connectivity index is 2.58. The van der Waals surface area contributed by atoms with Gasteiger partial charge < -0.3 is 5.32 Å². The molecule has 27 heavy (non-hydrogen) atoms. The molecule has 6 heteroatoms. The van der Waals surface area contributed by atoms with E-state index in [-0.39, 0.29) is 9.99 Å². The highest BCUT2D eigenvalue weighted by atomic mass is 32.2. The van der Waals surface area contributed by atoms with Gasteiger partial charge in [-0.05, 0) is 68.0 Å². The molecule has 0 spiro atoms. The maximum atomic E-state index is 13.7. The molecule has 1 aliphatic heterocycles. The average molecular weight is 448 g/mol. The van der Waals surface area contributed by atoms with Gasteiger partial charge in [0.05, 0.1) is 0 Å². The third-order valence-electron chi connectivity index (χ3n) is 4.97. The highest BCUT2D eigenvalue weighted by Gasteiger charge is 2.65. The molecule has 0 bridgehead atoms. The fourth-order valence-electron chi connectivity index (χ4n) is 3.82. The zero-order valence-electron chi connectivity index (χ0n) is 17.5. The largest absolute Gasteiger partial charge is 0.328 e. The first-order valence-electron chi connectivity index (χ1n) is 10.7. The molecule has 0 aromatic heterocycles. The number of carbonyl (C=O) groups is 1. The van der Waals surface area contributed by atoms with Crippen LogP contribution in [0.25, 0.3) is 0 Å². The van der Waals surface area contributed by atoms with E-state index in [1.54, 1.807) is 0 Å². The molecule has 2 nitrogen and oxygen atoms in total. The lowest BCUT2D eigenvalue weighted by atomic mass is 9.84. The van der Waals surface area contributed by atoms with Crippen LogP contribution in [0.5, 0.6) is 0 Å². The zero-order chi connectivity index (χ0) is 19.8. The van der Waals surface area contributed by atoms with Gasteiger partial charge in [0.25, 0.3) is 5.91 Å². The van der Waals surface area contributed by atoms with Gasteiger partial charge in [0.2, 0.25) is 0 Å². The second kappa shape index (κ2) is 11.7. The molecule has 1 aliphatic carbocycles. The topological polar surface area (TPSA) is 29.1 Å². The summed E-state index contributed by atoms with van der Waals surface area (Å²) in [7, 11) is 0. The lowest BCUT2D eigenvalue weighted by molar-refractivity contribution is -0.122. The number of fused-ring (bicyclic) bond motifs is 1. The molecule has 1 fully saturated rings. The van der Waals surface area contributed by atoms with Crippen LogP contribution >= 0.6 is 47.0 Å². The molecule has 1 saturated heterocycles. The Bertz CT molecular complexity index is 492. The Morgan fingerprint density at radius 1 is 0.926 bits per heavy atom. The number of thioether (sulfide) groups is 4. The smallest absolute Gasteiger partial charge is 0.252 e. The van der Waals surface area contributed by atoms with Gasteiger partial charge >= 0.3 is 0 Å². The molecule has 156 valence electrons. The van der Waals surface area contributed by atoms with E-state index in [1.807, 2.05) is 23.5 Å². The van der Waals surface area contributed by atoms with Gasteiger partial charge in [-0.1, -0.05) is 33.8 Å². The first kappa shape index (κ1) is 23.9. The Labute approximate surface area is 184 Å². The Kier molecular flexibility index (Phi) is 10.4. The van der Waals surface area contributed by atoms with Gasteiger partial charge in [-0.3, -0.25) is 4.79 Å². The van der Waals surface area contributed by atoms with Crippen molar-refractivity contribution in [3.8, 4) is 0 Å². The maximum Gasteiger partial charge on any atom is 0.252 e. The Morgan fingerprint density at radius 3 is 1.96 bits per heavy atom. The number of hydrogen-bond donors (Lipinski definition) is 1. The van der Waals surface area contributed by atoms with E-state index >= 15 is 0 Å². The molecule has 1 atom stereocenters. The molecule has 1 heterocycles. The van der Waals surface area contributed by atoms with Crippen LogP contribution in [-0.2, 0) is 4.79 Å². The molecule has 0 radical (unpaired) electrons. The van der Waals surface area contributed by atoms with Crippen molar-refractivity contribution in [1.82, 2.24) is 5.32 Å². The van der Waals surface area contributed by atoms with E-state index < -0.39 is 4.08 Å². The van der Waals surface area contributed by atoms with Crippen LogP contribution in [0.15, 0.2) is 11.8 Å². The van der Waals surface area contributed by atoms with Crippen molar-refractivity contribution in [2.24, 2.45) is 5.92 Å². The summed E-state index contributed by atoms with van der Waals surface area (Å²) in [5, 5.41) is 3.39. The summed E-state index contributed by atoms with van der Waals surface area (Å²) in [6.45, 7) is 9.01.